The molecule has 0 aliphatic rings. The molecule has 1 unspecified atom stereocenters. The molecule has 0 spiro atoms. The van der Waals surface area contributed by atoms with Gasteiger partial charge in [0.15, 0.2) is 6.10 Å². The van der Waals surface area contributed by atoms with Crippen molar-refractivity contribution in [2.24, 2.45) is 0 Å². The average Bonchev–Trinajstić information content (AvgIpc) is 2.58. The summed E-state index contributed by atoms with van der Waals surface area (Å²) in [5.74, 6) is 0.414. The molecule has 116 valence electrons. The van der Waals surface area contributed by atoms with Gasteiger partial charge in [-0.05, 0) is 29.8 Å². The van der Waals surface area contributed by atoms with Crippen molar-refractivity contribution in [1.82, 2.24) is 0 Å². The van der Waals surface area contributed by atoms with E-state index in [1.54, 1.807) is 7.11 Å². The molecular formula is C17H18O4S. The van der Waals surface area contributed by atoms with Gasteiger partial charge in [-0.25, -0.2) is 4.79 Å². The number of ether oxygens (including phenoxy) is 2. The summed E-state index contributed by atoms with van der Waals surface area (Å²) in [5.41, 5.74) is 0.894. The van der Waals surface area contributed by atoms with E-state index in [0.717, 1.165) is 16.2 Å². The predicted molar refractivity (Wildman–Crippen MR) is 86.0 cm³/mol. The second kappa shape index (κ2) is 8.46. The number of rotatable bonds is 7. The standard InChI is InChI=1S/C17H18O4S/c1-20-14-7-9-15(10-8-14)22-12-16(18)17(19)21-11-13-5-3-2-4-6-13/h2-10,16,18H,11-12H2,1H3. The quantitative estimate of drug-likeness (QED) is 0.628. The minimum Gasteiger partial charge on any atom is -0.497 e. The number of aliphatic hydroxyl groups excluding tert-OH is 1. The van der Waals surface area contributed by atoms with Crippen molar-refractivity contribution >= 4 is 17.7 Å². The lowest BCUT2D eigenvalue weighted by molar-refractivity contribution is -0.153. The number of carbonyl (C=O) groups excluding carboxylic acids is 1. The van der Waals surface area contributed by atoms with Crippen molar-refractivity contribution in [1.29, 1.82) is 0 Å². The summed E-state index contributed by atoms with van der Waals surface area (Å²) < 4.78 is 10.2. The van der Waals surface area contributed by atoms with Crippen LogP contribution in [-0.2, 0) is 16.1 Å². The zero-order valence-electron chi connectivity index (χ0n) is 12.3. The van der Waals surface area contributed by atoms with Crippen LogP contribution in [0.25, 0.3) is 0 Å². The number of aliphatic hydroxyl groups is 1. The number of esters is 1. The first-order valence-corrected chi connectivity index (χ1v) is 7.83. The fourth-order valence-electron chi connectivity index (χ4n) is 1.74. The van der Waals surface area contributed by atoms with E-state index in [1.807, 2.05) is 54.6 Å². The number of thioether (sulfide) groups is 1. The van der Waals surface area contributed by atoms with Crippen molar-refractivity contribution in [2.45, 2.75) is 17.6 Å². The molecule has 0 aliphatic heterocycles. The molecule has 0 saturated carbocycles. The molecule has 2 rings (SSSR count). The summed E-state index contributed by atoms with van der Waals surface area (Å²) in [6.07, 6.45) is -1.14. The second-order valence-corrected chi connectivity index (χ2v) is 5.69. The Labute approximate surface area is 134 Å². The van der Waals surface area contributed by atoms with Crippen molar-refractivity contribution in [3.05, 3.63) is 60.2 Å². The van der Waals surface area contributed by atoms with Crippen LogP contribution in [-0.4, -0.2) is 30.0 Å². The summed E-state index contributed by atoms with van der Waals surface area (Å²) in [5, 5.41) is 9.84. The molecular weight excluding hydrogens is 300 g/mol. The average molecular weight is 318 g/mol. The van der Waals surface area contributed by atoms with E-state index in [2.05, 4.69) is 0 Å². The number of hydrogen-bond donors (Lipinski definition) is 1. The van der Waals surface area contributed by atoms with Crippen LogP contribution in [0.3, 0.4) is 0 Å². The monoisotopic (exact) mass is 318 g/mol. The largest absolute Gasteiger partial charge is 0.497 e. The van der Waals surface area contributed by atoms with Gasteiger partial charge in [0, 0.05) is 10.6 Å². The highest BCUT2D eigenvalue weighted by Gasteiger charge is 2.17. The van der Waals surface area contributed by atoms with Gasteiger partial charge in [0.25, 0.3) is 0 Å². The summed E-state index contributed by atoms with van der Waals surface area (Å²) in [7, 11) is 1.61. The Balaban J connectivity index is 1.76. The Bertz CT molecular complexity index is 583. The van der Waals surface area contributed by atoms with Crippen LogP contribution in [0.4, 0.5) is 0 Å². The van der Waals surface area contributed by atoms with Gasteiger partial charge in [-0.3, -0.25) is 0 Å². The molecule has 0 aromatic heterocycles. The van der Waals surface area contributed by atoms with E-state index < -0.39 is 12.1 Å². The topological polar surface area (TPSA) is 55.8 Å². The molecule has 0 fully saturated rings. The molecule has 0 radical (unpaired) electrons. The zero-order valence-corrected chi connectivity index (χ0v) is 13.1. The van der Waals surface area contributed by atoms with Crippen LogP contribution in [0.5, 0.6) is 5.75 Å². The number of benzene rings is 2. The molecule has 1 N–H and O–H groups in total. The summed E-state index contributed by atoms with van der Waals surface area (Å²) in [6, 6.07) is 16.8. The molecule has 2 aromatic rings. The Hall–Kier alpha value is -1.98. The van der Waals surface area contributed by atoms with Gasteiger partial charge in [-0.15, -0.1) is 11.8 Å². The highest BCUT2D eigenvalue weighted by molar-refractivity contribution is 7.99. The van der Waals surface area contributed by atoms with Crippen LogP contribution in [0.15, 0.2) is 59.5 Å². The molecule has 5 heteroatoms. The first kappa shape index (κ1) is 16.4. The molecule has 0 aliphatic carbocycles. The highest BCUT2D eigenvalue weighted by Crippen LogP contribution is 2.22. The maximum atomic E-state index is 11.7. The zero-order chi connectivity index (χ0) is 15.8. The van der Waals surface area contributed by atoms with Gasteiger partial charge in [-0.2, -0.15) is 0 Å². The molecule has 1 atom stereocenters. The van der Waals surface area contributed by atoms with Crippen molar-refractivity contribution in [3.63, 3.8) is 0 Å². The van der Waals surface area contributed by atoms with Gasteiger partial charge in [-0.1, -0.05) is 30.3 Å². The van der Waals surface area contributed by atoms with Gasteiger partial charge >= 0.3 is 5.97 Å². The van der Waals surface area contributed by atoms with E-state index in [9.17, 15) is 9.90 Å². The fourth-order valence-corrected chi connectivity index (χ4v) is 2.55. The number of hydrogen-bond acceptors (Lipinski definition) is 5. The minimum absolute atomic E-state index is 0.171. The third-order valence-corrected chi connectivity index (χ3v) is 4.05. The first-order chi connectivity index (χ1) is 10.7. The SMILES string of the molecule is COc1ccc(SCC(O)C(=O)OCc2ccccc2)cc1. The molecule has 4 nitrogen and oxygen atoms in total. The van der Waals surface area contributed by atoms with Gasteiger partial charge in [0.05, 0.1) is 7.11 Å². The van der Waals surface area contributed by atoms with Crippen LogP contribution in [0, 0.1) is 0 Å². The van der Waals surface area contributed by atoms with E-state index in [4.69, 9.17) is 9.47 Å². The number of methoxy groups -OCH3 is 1. The summed E-state index contributed by atoms with van der Waals surface area (Å²) >= 11 is 1.39. The van der Waals surface area contributed by atoms with Gasteiger partial charge < -0.3 is 14.6 Å². The van der Waals surface area contributed by atoms with Gasteiger partial charge in [0.2, 0.25) is 0 Å². The normalized spacial score (nSPS) is 11.7. The Morgan fingerprint density at radius 2 is 1.82 bits per heavy atom. The minimum atomic E-state index is -1.14. The third-order valence-electron chi connectivity index (χ3n) is 2.96. The highest BCUT2D eigenvalue weighted by atomic mass is 32.2. The maximum absolute atomic E-state index is 11.7. The number of carbonyl (C=O) groups is 1. The molecule has 0 bridgehead atoms. The van der Waals surface area contributed by atoms with Gasteiger partial charge in [0.1, 0.15) is 12.4 Å². The molecule has 0 amide bonds. The van der Waals surface area contributed by atoms with Crippen molar-refractivity contribution in [2.75, 3.05) is 12.9 Å². The van der Waals surface area contributed by atoms with Crippen LogP contribution < -0.4 is 4.74 Å². The van der Waals surface area contributed by atoms with E-state index in [0.29, 0.717) is 0 Å². The molecule has 0 saturated heterocycles. The Morgan fingerprint density at radius 3 is 2.45 bits per heavy atom. The molecule has 2 aromatic carbocycles. The lowest BCUT2D eigenvalue weighted by atomic mass is 10.2. The lowest BCUT2D eigenvalue weighted by Gasteiger charge is -2.10. The smallest absolute Gasteiger partial charge is 0.336 e. The predicted octanol–water partition coefficient (Wildman–Crippen LogP) is 2.89. The van der Waals surface area contributed by atoms with E-state index in [1.165, 1.54) is 11.8 Å². The maximum Gasteiger partial charge on any atom is 0.336 e. The van der Waals surface area contributed by atoms with Crippen molar-refractivity contribution in [3.8, 4) is 5.75 Å². The van der Waals surface area contributed by atoms with Crippen LogP contribution >= 0.6 is 11.8 Å². The summed E-state index contributed by atoms with van der Waals surface area (Å²) in [4.78, 5) is 12.7. The second-order valence-electron chi connectivity index (χ2n) is 4.60. The summed E-state index contributed by atoms with van der Waals surface area (Å²) in [6.45, 7) is 0.171. The van der Waals surface area contributed by atoms with E-state index in [-0.39, 0.29) is 12.4 Å². The Kier molecular flexibility index (Phi) is 6.30. The van der Waals surface area contributed by atoms with Crippen LogP contribution in [0.2, 0.25) is 0 Å². The Morgan fingerprint density at radius 1 is 1.14 bits per heavy atom. The fraction of sp³-hybridized carbons (Fsp3) is 0.235. The van der Waals surface area contributed by atoms with E-state index >= 15 is 0 Å². The van der Waals surface area contributed by atoms with Crippen LogP contribution in [0.1, 0.15) is 5.56 Å². The first-order valence-electron chi connectivity index (χ1n) is 6.84. The lowest BCUT2D eigenvalue weighted by Crippen LogP contribution is -2.25. The van der Waals surface area contributed by atoms with Crippen molar-refractivity contribution < 1.29 is 19.4 Å². The third kappa shape index (κ3) is 5.09. The molecule has 22 heavy (non-hydrogen) atoms. The molecule has 0 heterocycles.